The predicted octanol–water partition coefficient (Wildman–Crippen LogP) is 3.61. The van der Waals surface area contributed by atoms with Gasteiger partial charge < -0.3 is 20.8 Å². The molecule has 8 heteroatoms. The number of aromatic nitrogens is 1. The molecule has 0 radical (unpaired) electrons. The van der Waals surface area contributed by atoms with Crippen molar-refractivity contribution in [3.63, 3.8) is 0 Å². The summed E-state index contributed by atoms with van der Waals surface area (Å²) in [5.41, 5.74) is 8.84. The van der Waals surface area contributed by atoms with Gasteiger partial charge in [-0.05, 0) is 55.5 Å². The van der Waals surface area contributed by atoms with Crippen LogP contribution in [0.25, 0.3) is 0 Å². The molecule has 1 fully saturated rings. The number of rotatable bonds is 2. The molecule has 1 saturated carbocycles. The van der Waals surface area contributed by atoms with Crippen molar-refractivity contribution in [2.45, 2.75) is 31.8 Å². The number of nitrogens with zero attached hydrogens (tertiary/aromatic N) is 3. The van der Waals surface area contributed by atoms with Gasteiger partial charge in [0.1, 0.15) is 11.9 Å². The van der Waals surface area contributed by atoms with Crippen LogP contribution in [0.2, 0.25) is 0 Å². The summed E-state index contributed by atoms with van der Waals surface area (Å²) in [4.78, 5) is 23.6. The highest BCUT2D eigenvalue weighted by atomic mass is 19.1. The van der Waals surface area contributed by atoms with Crippen molar-refractivity contribution in [2.75, 3.05) is 26.4 Å². The standard InChI is InChI=1S/C23H26FN5O2/c1-12-17-9-15(24)6-7-16(17)23(30)29(3)11-18(27-2)20(21(25)13-4-5-13)14-8-19(31-12)22(26)28-10-14/h6-10,12-13,20,25H,4-5,11H2,1-3H3,(H2,26,28). The number of carbonyl (C=O) groups is 1. The first-order valence-corrected chi connectivity index (χ1v) is 10.3. The third-order valence-electron chi connectivity index (χ3n) is 5.92. The number of benzene rings is 1. The van der Waals surface area contributed by atoms with Crippen LogP contribution in [0.1, 0.15) is 53.3 Å². The van der Waals surface area contributed by atoms with Gasteiger partial charge in [-0.3, -0.25) is 9.79 Å². The average Bonchev–Trinajstić information content (AvgIpc) is 3.59. The number of nitrogens with one attached hydrogen (secondary N) is 1. The average molecular weight is 423 g/mol. The van der Waals surface area contributed by atoms with Crippen LogP contribution in [0, 0.1) is 17.1 Å². The van der Waals surface area contributed by atoms with Crippen LogP contribution < -0.4 is 10.5 Å². The minimum absolute atomic E-state index is 0.195. The first-order chi connectivity index (χ1) is 14.8. The van der Waals surface area contributed by atoms with E-state index in [4.69, 9.17) is 15.9 Å². The summed E-state index contributed by atoms with van der Waals surface area (Å²) in [6.07, 6.45) is 2.95. The molecule has 1 aromatic heterocycles. The molecule has 2 aromatic rings. The van der Waals surface area contributed by atoms with Crippen molar-refractivity contribution in [1.29, 1.82) is 5.41 Å². The molecule has 162 valence electrons. The lowest BCUT2D eigenvalue weighted by Gasteiger charge is -2.28. The van der Waals surface area contributed by atoms with Crippen LogP contribution in [0.3, 0.4) is 0 Å². The molecule has 2 atom stereocenters. The molecule has 2 heterocycles. The van der Waals surface area contributed by atoms with E-state index in [1.54, 1.807) is 38.2 Å². The summed E-state index contributed by atoms with van der Waals surface area (Å²) >= 11 is 0. The molecule has 2 unspecified atom stereocenters. The monoisotopic (exact) mass is 423 g/mol. The molecule has 31 heavy (non-hydrogen) atoms. The number of nitrogen functional groups attached to an aromatic ring is 1. The number of anilines is 1. The van der Waals surface area contributed by atoms with E-state index < -0.39 is 17.8 Å². The Morgan fingerprint density at radius 3 is 2.77 bits per heavy atom. The first-order valence-electron chi connectivity index (χ1n) is 10.3. The normalized spacial score (nSPS) is 22.9. The number of pyridine rings is 1. The maximum atomic E-state index is 14.0. The predicted molar refractivity (Wildman–Crippen MR) is 118 cm³/mol. The molecule has 1 aromatic carbocycles. The number of nitrogens with two attached hydrogens (primary N) is 1. The van der Waals surface area contributed by atoms with Crippen molar-refractivity contribution in [1.82, 2.24) is 9.88 Å². The van der Waals surface area contributed by atoms with Crippen LogP contribution in [-0.2, 0) is 0 Å². The molecule has 1 aliphatic heterocycles. The molecule has 0 saturated heterocycles. The van der Waals surface area contributed by atoms with E-state index in [1.165, 1.54) is 18.2 Å². The molecule has 2 bridgehead atoms. The molecule has 1 amide bonds. The number of amides is 1. The van der Waals surface area contributed by atoms with Crippen molar-refractivity contribution in [3.05, 3.63) is 53.0 Å². The second-order valence-corrected chi connectivity index (χ2v) is 8.18. The molecule has 2 aliphatic rings. The van der Waals surface area contributed by atoms with E-state index in [-0.39, 0.29) is 24.2 Å². The molecule has 7 nitrogen and oxygen atoms in total. The van der Waals surface area contributed by atoms with Crippen molar-refractivity contribution >= 4 is 23.1 Å². The van der Waals surface area contributed by atoms with Gasteiger partial charge in [0.05, 0.1) is 12.5 Å². The fraction of sp³-hybridized carbons (Fsp3) is 0.391. The van der Waals surface area contributed by atoms with Gasteiger partial charge in [0.15, 0.2) is 11.6 Å². The van der Waals surface area contributed by atoms with Crippen molar-refractivity contribution < 1.29 is 13.9 Å². The maximum absolute atomic E-state index is 14.0. The summed E-state index contributed by atoms with van der Waals surface area (Å²) in [5.74, 6) is -0.388. The third kappa shape index (κ3) is 4.02. The minimum atomic E-state index is -0.637. The van der Waals surface area contributed by atoms with Crippen LogP contribution in [-0.4, -0.2) is 47.9 Å². The SMILES string of the molecule is CN=C1CN(C)C(=O)c2ccc(F)cc2C(C)Oc2cc(cnc2N)C1C(=N)C1CC1. The molecular formula is C23H26FN5O2. The lowest BCUT2D eigenvalue weighted by Crippen LogP contribution is -2.37. The van der Waals surface area contributed by atoms with Gasteiger partial charge in [0.2, 0.25) is 0 Å². The Morgan fingerprint density at radius 1 is 1.35 bits per heavy atom. The first kappa shape index (κ1) is 21.0. The van der Waals surface area contributed by atoms with Gasteiger partial charge >= 0.3 is 0 Å². The van der Waals surface area contributed by atoms with E-state index in [0.717, 1.165) is 18.4 Å². The highest BCUT2D eigenvalue weighted by Gasteiger charge is 2.36. The Labute approximate surface area is 180 Å². The summed E-state index contributed by atoms with van der Waals surface area (Å²) in [5, 5.41) is 8.78. The second-order valence-electron chi connectivity index (χ2n) is 8.18. The maximum Gasteiger partial charge on any atom is 0.254 e. The smallest absolute Gasteiger partial charge is 0.254 e. The second kappa shape index (κ2) is 8.09. The van der Waals surface area contributed by atoms with E-state index in [2.05, 4.69) is 9.98 Å². The van der Waals surface area contributed by atoms with Gasteiger partial charge in [-0.25, -0.2) is 9.37 Å². The molecule has 1 aliphatic carbocycles. The summed E-state index contributed by atoms with van der Waals surface area (Å²) in [6.45, 7) is 1.98. The Bertz CT molecular complexity index is 1080. The number of halogens is 1. The number of ether oxygens (including phenoxy) is 1. The number of hydrogen-bond donors (Lipinski definition) is 2. The number of fused-ring (bicyclic) bond motifs is 3. The summed E-state index contributed by atoms with van der Waals surface area (Å²) < 4.78 is 20.1. The fourth-order valence-electron chi connectivity index (χ4n) is 4.03. The largest absolute Gasteiger partial charge is 0.482 e. The Balaban J connectivity index is 1.88. The van der Waals surface area contributed by atoms with E-state index >= 15 is 0 Å². The van der Waals surface area contributed by atoms with Crippen LogP contribution in [0.15, 0.2) is 35.5 Å². The number of aliphatic imine (C=N–C) groups is 1. The summed E-state index contributed by atoms with van der Waals surface area (Å²) in [7, 11) is 3.35. The van der Waals surface area contributed by atoms with Crippen LogP contribution in [0.5, 0.6) is 5.75 Å². The third-order valence-corrected chi connectivity index (χ3v) is 5.92. The van der Waals surface area contributed by atoms with Crippen molar-refractivity contribution in [3.8, 4) is 5.75 Å². The zero-order chi connectivity index (χ0) is 22.3. The van der Waals surface area contributed by atoms with Crippen LogP contribution in [0.4, 0.5) is 10.2 Å². The highest BCUT2D eigenvalue weighted by Crippen LogP contribution is 2.39. The van der Waals surface area contributed by atoms with Gasteiger partial charge in [-0.1, -0.05) is 0 Å². The molecule has 4 rings (SSSR count). The lowest BCUT2D eigenvalue weighted by molar-refractivity contribution is 0.0809. The molecular weight excluding hydrogens is 397 g/mol. The zero-order valence-corrected chi connectivity index (χ0v) is 17.9. The Kier molecular flexibility index (Phi) is 5.47. The number of carbonyl (C=O) groups excluding carboxylic acids is 1. The number of hydrogen-bond acceptors (Lipinski definition) is 6. The Hall–Kier alpha value is -3.29. The topological polar surface area (TPSA) is 105 Å². The fourth-order valence-corrected chi connectivity index (χ4v) is 4.03. The van der Waals surface area contributed by atoms with Gasteiger partial charge in [0, 0.05) is 42.8 Å². The Morgan fingerprint density at radius 2 is 2.10 bits per heavy atom. The quantitative estimate of drug-likeness (QED) is 0.720. The van der Waals surface area contributed by atoms with E-state index in [0.29, 0.717) is 28.3 Å². The molecule has 0 spiro atoms. The van der Waals surface area contributed by atoms with E-state index in [9.17, 15) is 9.18 Å². The van der Waals surface area contributed by atoms with E-state index in [1.807, 2.05) is 0 Å². The minimum Gasteiger partial charge on any atom is -0.482 e. The summed E-state index contributed by atoms with van der Waals surface area (Å²) in [6, 6.07) is 5.83. The van der Waals surface area contributed by atoms with Crippen molar-refractivity contribution in [2.24, 2.45) is 10.9 Å². The van der Waals surface area contributed by atoms with Crippen LogP contribution >= 0.6 is 0 Å². The zero-order valence-electron chi connectivity index (χ0n) is 17.9. The van der Waals surface area contributed by atoms with Gasteiger partial charge in [0.25, 0.3) is 5.91 Å². The lowest BCUT2D eigenvalue weighted by atomic mass is 9.87. The van der Waals surface area contributed by atoms with Gasteiger partial charge in [-0.15, -0.1) is 0 Å². The highest BCUT2D eigenvalue weighted by molar-refractivity contribution is 6.14. The molecule has 3 N–H and O–H groups in total. The van der Waals surface area contributed by atoms with Gasteiger partial charge in [-0.2, -0.15) is 0 Å².